The van der Waals surface area contributed by atoms with Crippen LogP contribution in [0.2, 0.25) is 0 Å². The van der Waals surface area contributed by atoms with Gasteiger partial charge in [0.2, 0.25) is 17.6 Å². The van der Waals surface area contributed by atoms with Crippen molar-refractivity contribution < 1.29 is 22.8 Å². The number of anilines is 2. The van der Waals surface area contributed by atoms with Gasteiger partial charge in [0.1, 0.15) is 0 Å². The van der Waals surface area contributed by atoms with Crippen molar-refractivity contribution in [2.24, 2.45) is 5.92 Å². The molecule has 34 heavy (non-hydrogen) atoms. The Hall–Kier alpha value is -2.88. The lowest BCUT2D eigenvalue weighted by atomic mass is 10.0. The fourth-order valence-corrected chi connectivity index (χ4v) is 4.90. The molecule has 4 rings (SSSR count). The number of hydrogen-bond donors (Lipinski definition) is 1. The molecule has 1 aromatic carbocycles. The summed E-state index contributed by atoms with van der Waals surface area (Å²) in [6, 6.07) is 4.22. The summed E-state index contributed by atoms with van der Waals surface area (Å²) in [5, 5.41) is 10.7. The van der Waals surface area contributed by atoms with Crippen LogP contribution in [0, 0.1) is 19.8 Å². The molecule has 1 aliphatic carbocycles. The van der Waals surface area contributed by atoms with Gasteiger partial charge >= 0.3 is 6.01 Å². The van der Waals surface area contributed by atoms with E-state index in [0.29, 0.717) is 26.2 Å². The molecule has 1 aliphatic heterocycles. The highest BCUT2D eigenvalue weighted by Gasteiger charge is 2.44. The van der Waals surface area contributed by atoms with Crippen LogP contribution in [0.5, 0.6) is 0 Å². The standard InChI is InChI=1S/C24H31F2N5O3/c1-14-9-19(16(3)20(10-14)27-23-29-28-21(34-23)17(4)32)13-30-7-8-31(15(2)12-30)22(33)18-5-6-24(25,26)11-18/h9-10,15,18H,5-8,11-13H2,1-4H3,(H,27,29)/t15-,18?/m0/s1. The van der Waals surface area contributed by atoms with Crippen LogP contribution in [0.4, 0.5) is 20.5 Å². The van der Waals surface area contributed by atoms with E-state index in [9.17, 15) is 18.4 Å². The molecule has 0 bridgehead atoms. The van der Waals surface area contributed by atoms with Gasteiger partial charge in [-0.3, -0.25) is 14.5 Å². The van der Waals surface area contributed by atoms with Gasteiger partial charge in [-0.1, -0.05) is 11.2 Å². The lowest BCUT2D eigenvalue weighted by molar-refractivity contribution is -0.141. The molecule has 10 heteroatoms. The molecule has 1 N–H and O–H groups in total. The number of benzene rings is 1. The minimum Gasteiger partial charge on any atom is -0.400 e. The Kier molecular flexibility index (Phi) is 6.71. The lowest BCUT2D eigenvalue weighted by Crippen LogP contribution is -2.54. The van der Waals surface area contributed by atoms with Crippen molar-refractivity contribution in [3.05, 3.63) is 34.7 Å². The fourth-order valence-electron chi connectivity index (χ4n) is 4.90. The number of halogens is 2. The van der Waals surface area contributed by atoms with Crippen LogP contribution < -0.4 is 5.32 Å². The van der Waals surface area contributed by atoms with Gasteiger partial charge in [0, 0.05) is 63.6 Å². The molecule has 1 saturated carbocycles. The third-order valence-electron chi connectivity index (χ3n) is 6.77. The molecule has 1 unspecified atom stereocenters. The second-order valence-electron chi connectivity index (χ2n) is 9.60. The number of nitrogens with one attached hydrogen (secondary N) is 1. The van der Waals surface area contributed by atoms with Gasteiger partial charge in [0.05, 0.1) is 0 Å². The first-order valence-electron chi connectivity index (χ1n) is 11.6. The summed E-state index contributed by atoms with van der Waals surface area (Å²) in [6.45, 7) is 9.94. The first kappa shape index (κ1) is 24.3. The zero-order valence-electron chi connectivity index (χ0n) is 20.0. The fraction of sp³-hybridized carbons (Fsp3) is 0.583. The van der Waals surface area contributed by atoms with Crippen molar-refractivity contribution in [1.29, 1.82) is 0 Å². The van der Waals surface area contributed by atoms with E-state index in [4.69, 9.17) is 4.42 Å². The van der Waals surface area contributed by atoms with Crippen molar-refractivity contribution in [3.63, 3.8) is 0 Å². The summed E-state index contributed by atoms with van der Waals surface area (Å²) in [6.07, 6.45) is -0.254. The Morgan fingerprint density at radius 2 is 2.00 bits per heavy atom. The van der Waals surface area contributed by atoms with Crippen molar-refractivity contribution in [2.45, 2.75) is 65.5 Å². The first-order chi connectivity index (χ1) is 16.0. The molecule has 2 atom stereocenters. The average molecular weight is 476 g/mol. The van der Waals surface area contributed by atoms with E-state index in [1.54, 1.807) is 4.90 Å². The van der Waals surface area contributed by atoms with Gasteiger partial charge in [-0.2, -0.15) is 0 Å². The SMILES string of the molecule is CC(=O)c1nnc(Nc2cc(C)cc(CN3CCN(C(=O)C4CCC(F)(F)C4)[C@@H](C)C3)c2C)o1. The number of alkyl halides is 2. The van der Waals surface area contributed by atoms with Crippen LogP contribution >= 0.6 is 0 Å². The number of hydrogen-bond acceptors (Lipinski definition) is 7. The summed E-state index contributed by atoms with van der Waals surface area (Å²) in [5.41, 5.74) is 4.01. The van der Waals surface area contributed by atoms with E-state index in [0.717, 1.165) is 22.4 Å². The van der Waals surface area contributed by atoms with E-state index in [1.165, 1.54) is 6.92 Å². The van der Waals surface area contributed by atoms with Gasteiger partial charge in [0.25, 0.3) is 5.89 Å². The summed E-state index contributed by atoms with van der Waals surface area (Å²) >= 11 is 0. The van der Waals surface area contributed by atoms with Crippen LogP contribution in [-0.2, 0) is 11.3 Å². The Bertz CT molecular complexity index is 1090. The smallest absolute Gasteiger partial charge is 0.320 e. The van der Waals surface area contributed by atoms with Crippen molar-refractivity contribution in [1.82, 2.24) is 20.0 Å². The lowest BCUT2D eigenvalue weighted by Gasteiger charge is -2.41. The zero-order chi connectivity index (χ0) is 24.6. The zero-order valence-corrected chi connectivity index (χ0v) is 20.0. The molecule has 2 aromatic rings. The minimum atomic E-state index is -2.71. The van der Waals surface area contributed by atoms with E-state index in [2.05, 4.69) is 26.5 Å². The maximum atomic E-state index is 13.6. The quantitative estimate of drug-likeness (QED) is 0.629. The van der Waals surface area contributed by atoms with Crippen molar-refractivity contribution >= 4 is 23.4 Å². The third kappa shape index (κ3) is 5.27. The van der Waals surface area contributed by atoms with E-state index < -0.39 is 11.8 Å². The van der Waals surface area contributed by atoms with Gasteiger partial charge in [-0.25, -0.2) is 8.78 Å². The topological polar surface area (TPSA) is 91.6 Å². The number of carbonyl (C=O) groups excluding carboxylic acids is 2. The molecular formula is C24H31F2N5O3. The van der Waals surface area contributed by atoms with E-state index >= 15 is 0 Å². The molecule has 0 radical (unpaired) electrons. The van der Waals surface area contributed by atoms with Crippen LogP contribution in [0.25, 0.3) is 0 Å². The number of nitrogens with zero attached hydrogens (tertiary/aromatic N) is 4. The minimum absolute atomic E-state index is 0.0402. The Morgan fingerprint density at radius 3 is 2.62 bits per heavy atom. The molecule has 2 heterocycles. The summed E-state index contributed by atoms with van der Waals surface area (Å²) in [5.74, 6) is -3.75. The number of amides is 1. The molecular weight excluding hydrogens is 444 g/mol. The van der Waals surface area contributed by atoms with Crippen LogP contribution in [0.15, 0.2) is 16.5 Å². The van der Waals surface area contributed by atoms with E-state index in [-0.39, 0.29) is 48.9 Å². The molecule has 184 valence electrons. The molecule has 0 spiro atoms. The highest BCUT2D eigenvalue weighted by Crippen LogP contribution is 2.40. The average Bonchev–Trinajstić information content (AvgIpc) is 3.37. The number of Topliss-reactive ketones (excluding diaryl/α,β-unsaturated/α-hetero) is 1. The summed E-state index contributed by atoms with van der Waals surface area (Å²) in [4.78, 5) is 28.3. The number of piperazine rings is 1. The number of aryl methyl sites for hydroxylation is 1. The predicted molar refractivity (Wildman–Crippen MR) is 122 cm³/mol. The number of aromatic nitrogens is 2. The number of rotatable bonds is 6. The summed E-state index contributed by atoms with van der Waals surface area (Å²) in [7, 11) is 0. The van der Waals surface area contributed by atoms with Crippen LogP contribution in [-0.4, -0.2) is 63.3 Å². The largest absolute Gasteiger partial charge is 0.400 e. The molecule has 8 nitrogen and oxygen atoms in total. The molecule has 2 fully saturated rings. The summed E-state index contributed by atoms with van der Waals surface area (Å²) < 4.78 is 32.5. The van der Waals surface area contributed by atoms with Crippen molar-refractivity contribution in [3.8, 4) is 0 Å². The predicted octanol–water partition coefficient (Wildman–Crippen LogP) is 4.10. The molecule has 2 aliphatic rings. The van der Waals surface area contributed by atoms with Crippen LogP contribution in [0.3, 0.4) is 0 Å². The van der Waals surface area contributed by atoms with Crippen LogP contribution in [0.1, 0.15) is 60.5 Å². The van der Waals surface area contributed by atoms with Gasteiger partial charge in [0.15, 0.2) is 0 Å². The van der Waals surface area contributed by atoms with Gasteiger partial charge < -0.3 is 14.6 Å². The highest BCUT2D eigenvalue weighted by molar-refractivity contribution is 5.89. The Labute approximate surface area is 197 Å². The molecule has 1 aromatic heterocycles. The van der Waals surface area contributed by atoms with Crippen molar-refractivity contribution in [2.75, 3.05) is 25.0 Å². The van der Waals surface area contributed by atoms with Gasteiger partial charge in [-0.15, -0.1) is 5.10 Å². The monoisotopic (exact) mass is 475 g/mol. The number of ketones is 1. The maximum absolute atomic E-state index is 13.6. The van der Waals surface area contributed by atoms with Gasteiger partial charge in [-0.05, 0) is 49.9 Å². The third-order valence-corrected chi connectivity index (χ3v) is 6.77. The molecule has 1 saturated heterocycles. The normalized spacial score (nSPS) is 22.7. The second-order valence-corrected chi connectivity index (χ2v) is 9.60. The highest BCUT2D eigenvalue weighted by atomic mass is 19.3. The second kappa shape index (κ2) is 9.40. The van der Waals surface area contributed by atoms with E-state index in [1.807, 2.05) is 26.8 Å². The molecule has 1 amide bonds. The maximum Gasteiger partial charge on any atom is 0.320 e. The number of carbonyl (C=O) groups is 2. The Balaban J connectivity index is 1.41. The first-order valence-corrected chi connectivity index (χ1v) is 11.6. The Morgan fingerprint density at radius 1 is 1.24 bits per heavy atom.